The van der Waals surface area contributed by atoms with Gasteiger partial charge in [-0.1, -0.05) is 6.58 Å². The first kappa shape index (κ1) is 9.15. The maximum Gasteiger partial charge on any atom is 0.165 e. The average molecular weight is 141 g/mol. The monoisotopic (exact) mass is 141 g/mol. The lowest BCUT2D eigenvalue weighted by Crippen LogP contribution is -2.17. The van der Waals surface area contributed by atoms with E-state index in [2.05, 4.69) is 6.58 Å². The fourth-order valence-corrected chi connectivity index (χ4v) is 0.401. The molecule has 0 saturated heterocycles. The summed E-state index contributed by atoms with van der Waals surface area (Å²) >= 11 is 0. The van der Waals surface area contributed by atoms with Crippen molar-refractivity contribution >= 4 is 0 Å². The second kappa shape index (κ2) is 4.98. The third-order valence-corrected chi connectivity index (χ3v) is 1.01. The summed E-state index contributed by atoms with van der Waals surface area (Å²) in [5, 5.41) is 8.37. The Morgan fingerprint density at radius 3 is 2.60 bits per heavy atom. The van der Waals surface area contributed by atoms with Gasteiger partial charge in [0.2, 0.25) is 0 Å². The molecule has 0 aromatic rings. The highest BCUT2D eigenvalue weighted by Crippen LogP contribution is 1.97. The fraction of sp³-hybridized carbons (Fsp3) is 0.571. The van der Waals surface area contributed by atoms with Crippen molar-refractivity contribution in [3.8, 4) is 6.07 Å². The Labute approximate surface area is 60.9 Å². The highest BCUT2D eigenvalue weighted by molar-refractivity contribution is 4.97. The number of hydrogen-bond donors (Lipinski definition) is 0. The first-order valence-electron chi connectivity index (χ1n) is 2.95. The zero-order valence-electron chi connectivity index (χ0n) is 6.20. The molecule has 3 heteroatoms. The van der Waals surface area contributed by atoms with Gasteiger partial charge in [-0.15, -0.1) is 0 Å². The number of ether oxygens (including phenoxy) is 2. The van der Waals surface area contributed by atoms with Crippen LogP contribution in [0.4, 0.5) is 0 Å². The SMILES string of the molecule is C=CC(C#N)OC(C)OC. The van der Waals surface area contributed by atoms with E-state index in [4.69, 9.17) is 14.7 Å². The highest BCUT2D eigenvalue weighted by atomic mass is 16.7. The number of methoxy groups -OCH3 is 1. The fourth-order valence-electron chi connectivity index (χ4n) is 0.401. The molecule has 2 atom stereocenters. The Kier molecular flexibility index (Phi) is 4.55. The van der Waals surface area contributed by atoms with Gasteiger partial charge in [-0.2, -0.15) is 5.26 Å². The third kappa shape index (κ3) is 3.23. The van der Waals surface area contributed by atoms with E-state index >= 15 is 0 Å². The molecule has 0 aliphatic carbocycles. The Bertz CT molecular complexity index is 139. The summed E-state index contributed by atoms with van der Waals surface area (Å²) in [6.07, 6.45) is 0.493. The first-order chi connectivity index (χ1) is 4.74. The van der Waals surface area contributed by atoms with E-state index in [0.717, 1.165) is 0 Å². The summed E-state index contributed by atoms with van der Waals surface area (Å²) < 4.78 is 9.76. The van der Waals surface area contributed by atoms with E-state index in [1.165, 1.54) is 13.2 Å². The second-order valence-electron chi connectivity index (χ2n) is 1.72. The number of nitrogens with zero attached hydrogens (tertiary/aromatic N) is 1. The molecule has 0 fully saturated rings. The summed E-state index contributed by atoms with van der Waals surface area (Å²) in [6, 6.07) is 1.90. The molecule has 0 amide bonds. The number of rotatable bonds is 4. The van der Waals surface area contributed by atoms with Crippen molar-refractivity contribution in [2.45, 2.75) is 19.3 Å². The van der Waals surface area contributed by atoms with Gasteiger partial charge in [0.25, 0.3) is 0 Å². The second-order valence-corrected chi connectivity index (χ2v) is 1.72. The largest absolute Gasteiger partial charge is 0.356 e. The molecular formula is C7H11NO2. The summed E-state index contributed by atoms with van der Waals surface area (Å²) in [4.78, 5) is 0. The van der Waals surface area contributed by atoms with Crippen LogP contribution < -0.4 is 0 Å². The average Bonchev–Trinajstić information content (AvgIpc) is 1.99. The molecule has 0 aliphatic heterocycles. The summed E-state index contributed by atoms with van der Waals surface area (Å²) in [7, 11) is 1.52. The van der Waals surface area contributed by atoms with E-state index in [0.29, 0.717) is 0 Å². The van der Waals surface area contributed by atoms with Crippen LogP contribution in [0.3, 0.4) is 0 Å². The minimum absolute atomic E-state index is 0.359. The maximum atomic E-state index is 8.37. The van der Waals surface area contributed by atoms with Crippen molar-refractivity contribution in [2.75, 3.05) is 7.11 Å². The van der Waals surface area contributed by atoms with E-state index in [9.17, 15) is 0 Å². The van der Waals surface area contributed by atoms with Gasteiger partial charge >= 0.3 is 0 Å². The predicted octanol–water partition coefficient (Wildman–Crippen LogP) is 1.07. The van der Waals surface area contributed by atoms with Gasteiger partial charge in [0.15, 0.2) is 12.4 Å². The van der Waals surface area contributed by atoms with Crippen LogP contribution in [-0.4, -0.2) is 19.5 Å². The summed E-state index contributed by atoms with van der Waals surface area (Å²) in [5.74, 6) is 0. The van der Waals surface area contributed by atoms with Crippen LogP contribution in [0.25, 0.3) is 0 Å². The van der Waals surface area contributed by atoms with Crippen LogP contribution in [0.2, 0.25) is 0 Å². The predicted molar refractivity (Wildman–Crippen MR) is 37.2 cm³/mol. The Morgan fingerprint density at radius 2 is 2.30 bits per heavy atom. The van der Waals surface area contributed by atoms with Gasteiger partial charge in [0.1, 0.15) is 0 Å². The summed E-state index contributed by atoms with van der Waals surface area (Å²) in [5.41, 5.74) is 0. The van der Waals surface area contributed by atoms with Crippen LogP contribution in [-0.2, 0) is 9.47 Å². The van der Waals surface area contributed by atoms with Crippen molar-refractivity contribution in [2.24, 2.45) is 0 Å². The molecule has 10 heavy (non-hydrogen) atoms. The van der Waals surface area contributed by atoms with E-state index in [1.807, 2.05) is 6.07 Å². The quantitative estimate of drug-likeness (QED) is 0.434. The molecule has 0 spiro atoms. The van der Waals surface area contributed by atoms with Gasteiger partial charge in [-0.05, 0) is 13.0 Å². The molecular weight excluding hydrogens is 130 g/mol. The highest BCUT2D eigenvalue weighted by Gasteiger charge is 2.06. The molecule has 0 bridgehead atoms. The Balaban J connectivity index is 3.65. The van der Waals surface area contributed by atoms with E-state index in [1.54, 1.807) is 6.92 Å². The van der Waals surface area contributed by atoms with Crippen LogP contribution in [0, 0.1) is 11.3 Å². The van der Waals surface area contributed by atoms with Gasteiger partial charge in [-0.25, -0.2) is 0 Å². The summed E-state index contributed by atoms with van der Waals surface area (Å²) in [6.45, 7) is 5.13. The van der Waals surface area contributed by atoms with Crippen molar-refractivity contribution in [1.29, 1.82) is 5.26 Å². The third-order valence-electron chi connectivity index (χ3n) is 1.01. The van der Waals surface area contributed by atoms with Gasteiger partial charge in [0, 0.05) is 7.11 Å². The zero-order chi connectivity index (χ0) is 7.98. The molecule has 0 heterocycles. The minimum Gasteiger partial charge on any atom is -0.356 e. The lowest BCUT2D eigenvalue weighted by molar-refractivity contribution is -0.118. The minimum atomic E-state index is -0.574. The molecule has 0 saturated carbocycles. The molecule has 2 unspecified atom stereocenters. The van der Waals surface area contributed by atoms with E-state index in [-0.39, 0.29) is 6.29 Å². The molecule has 0 rings (SSSR count). The van der Waals surface area contributed by atoms with Crippen LogP contribution >= 0.6 is 0 Å². The molecule has 56 valence electrons. The maximum absolute atomic E-state index is 8.37. The van der Waals surface area contributed by atoms with Crippen LogP contribution in [0.1, 0.15) is 6.92 Å². The molecule has 0 aliphatic rings. The first-order valence-corrected chi connectivity index (χ1v) is 2.95. The van der Waals surface area contributed by atoms with E-state index < -0.39 is 6.10 Å². The molecule has 0 radical (unpaired) electrons. The van der Waals surface area contributed by atoms with Gasteiger partial charge in [0.05, 0.1) is 6.07 Å². The lowest BCUT2D eigenvalue weighted by Gasteiger charge is -2.11. The van der Waals surface area contributed by atoms with Crippen molar-refractivity contribution < 1.29 is 9.47 Å². The standard InChI is InChI=1S/C7H11NO2/c1-4-7(5-8)10-6(2)9-3/h4,6-7H,1H2,2-3H3. The molecule has 3 nitrogen and oxygen atoms in total. The van der Waals surface area contributed by atoms with Crippen molar-refractivity contribution in [3.05, 3.63) is 12.7 Å². The van der Waals surface area contributed by atoms with Gasteiger partial charge < -0.3 is 9.47 Å². The van der Waals surface area contributed by atoms with Crippen LogP contribution in [0.5, 0.6) is 0 Å². The van der Waals surface area contributed by atoms with Crippen molar-refractivity contribution in [1.82, 2.24) is 0 Å². The van der Waals surface area contributed by atoms with Crippen LogP contribution in [0.15, 0.2) is 12.7 Å². The Morgan fingerprint density at radius 1 is 1.70 bits per heavy atom. The van der Waals surface area contributed by atoms with Gasteiger partial charge in [-0.3, -0.25) is 0 Å². The number of hydrogen-bond acceptors (Lipinski definition) is 3. The smallest absolute Gasteiger partial charge is 0.165 e. The lowest BCUT2D eigenvalue weighted by atomic mass is 10.4. The normalized spacial score (nSPS) is 15.3. The molecule has 0 N–H and O–H groups in total. The topological polar surface area (TPSA) is 42.2 Å². The van der Waals surface area contributed by atoms with Crippen molar-refractivity contribution in [3.63, 3.8) is 0 Å². The molecule has 0 aromatic heterocycles. The zero-order valence-corrected chi connectivity index (χ0v) is 6.20. The Hall–Kier alpha value is -0.850. The number of nitriles is 1. The molecule has 0 aromatic carbocycles.